The summed E-state index contributed by atoms with van der Waals surface area (Å²) in [6.07, 6.45) is -0.848. The second kappa shape index (κ2) is 4.31. The summed E-state index contributed by atoms with van der Waals surface area (Å²) in [7, 11) is 0. The maximum atomic E-state index is 13.2. The Hall–Kier alpha value is -1.26. The van der Waals surface area contributed by atoms with Crippen LogP contribution in [-0.2, 0) is 0 Å². The Morgan fingerprint density at radius 3 is 2.62 bits per heavy atom. The number of hydrogen-bond acceptors (Lipinski definition) is 3. The number of rotatable bonds is 2. The normalized spacial score (nSPS) is 12.8. The lowest BCUT2D eigenvalue weighted by Gasteiger charge is -2.09. The third kappa shape index (κ3) is 2.28. The fourth-order valence-corrected chi connectivity index (χ4v) is 2.23. The summed E-state index contributed by atoms with van der Waals surface area (Å²) in [5, 5.41) is 12.7. The number of aliphatic hydroxyl groups is 1. The van der Waals surface area contributed by atoms with Crippen molar-refractivity contribution < 1.29 is 9.50 Å². The van der Waals surface area contributed by atoms with Crippen molar-refractivity contribution in [3.8, 4) is 0 Å². The van der Waals surface area contributed by atoms with E-state index in [1.807, 2.05) is 6.92 Å². The second-order valence-corrected chi connectivity index (χ2v) is 4.82. The van der Waals surface area contributed by atoms with Crippen LogP contribution in [0.15, 0.2) is 23.6 Å². The molecular formula is C12H12FNOS. The molecule has 4 heteroatoms. The van der Waals surface area contributed by atoms with E-state index >= 15 is 0 Å². The molecule has 1 atom stereocenters. The first-order valence-electron chi connectivity index (χ1n) is 4.93. The molecule has 0 amide bonds. The molecule has 2 nitrogen and oxygen atoms in total. The molecule has 0 aliphatic heterocycles. The van der Waals surface area contributed by atoms with Crippen molar-refractivity contribution in [2.45, 2.75) is 20.0 Å². The minimum atomic E-state index is -0.848. The summed E-state index contributed by atoms with van der Waals surface area (Å²) in [5.74, 6) is -0.332. The Bertz CT molecular complexity index is 489. The van der Waals surface area contributed by atoms with Gasteiger partial charge in [-0.3, -0.25) is 0 Å². The molecule has 0 aliphatic rings. The van der Waals surface area contributed by atoms with Crippen LogP contribution in [0.1, 0.15) is 27.9 Å². The Morgan fingerprint density at radius 1 is 1.31 bits per heavy atom. The first-order chi connectivity index (χ1) is 7.56. The van der Waals surface area contributed by atoms with Crippen molar-refractivity contribution in [1.82, 2.24) is 4.98 Å². The summed E-state index contributed by atoms with van der Waals surface area (Å²) >= 11 is 1.47. The third-order valence-corrected chi connectivity index (χ3v) is 3.09. The number of benzene rings is 1. The number of halogens is 1. The second-order valence-electron chi connectivity index (χ2n) is 3.76. The molecule has 0 saturated carbocycles. The van der Waals surface area contributed by atoms with Gasteiger partial charge in [0.25, 0.3) is 0 Å². The molecule has 0 spiro atoms. The monoisotopic (exact) mass is 237 g/mol. The van der Waals surface area contributed by atoms with Gasteiger partial charge in [-0.1, -0.05) is 6.07 Å². The van der Waals surface area contributed by atoms with Gasteiger partial charge in [-0.25, -0.2) is 9.37 Å². The minimum Gasteiger partial charge on any atom is -0.382 e. The first-order valence-corrected chi connectivity index (χ1v) is 5.81. The summed E-state index contributed by atoms with van der Waals surface area (Å²) in [6, 6.07) is 4.54. The largest absolute Gasteiger partial charge is 0.382 e. The van der Waals surface area contributed by atoms with E-state index < -0.39 is 6.10 Å². The van der Waals surface area contributed by atoms with Gasteiger partial charge in [-0.05, 0) is 37.1 Å². The third-order valence-electron chi connectivity index (χ3n) is 2.30. The van der Waals surface area contributed by atoms with Crippen LogP contribution in [-0.4, -0.2) is 10.1 Å². The van der Waals surface area contributed by atoms with Gasteiger partial charge in [0.05, 0.1) is 10.7 Å². The number of aryl methyl sites for hydroxylation is 2. The summed E-state index contributed by atoms with van der Waals surface area (Å²) in [4.78, 5) is 4.19. The molecule has 16 heavy (non-hydrogen) atoms. The number of aliphatic hydroxyl groups excluding tert-OH is 1. The van der Waals surface area contributed by atoms with Crippen molar-refractivity contribution in [3.05, 3.63) is 51.2 Å². The van der Waals surface area contributed by atoms with E-state index in [0.717, 1.165) is 10.6 Å². The van der Waals surface area contributed by atoms with E-state index in [4.69, 9.17) is 0 Å². The zero-order chi connectivity index (χ0) is 11.7. The molecule has 2 aromatic rings. The standard InChI is InChI=1S/C12H12FNOS/c1-7-3-9(5-10(13)4-7)12(15)11-6-16-8(2)14-11/h3-6,12,15H,1-2H3. The molecule has 0 fully saturated rings. The van der Waals surface area contributed by atoms with E-state index in [9.17, 15) is 9.50 Å². The molecule has 0 radical (unpaired) electrons. The molecule has 1 aromatic heterocycles. The van der Waals surface area contributed by atoms with E-state index in [2.05, 4.69) is 4.98 Å². The summed E-state index contributed by atoms with van der Waals surface area (Å²) < 4.78 is 13.2. The highest BCUT2D eigenvalue weighted by atomic mass is 32.1. The smallest absolute Gasteiger partial charge is 0.123 e. The van der Waals surface area contributed by atoms with Gasteiger partial charge < -0.3 is 5.11 Å². The molecule has 2 rings (SSSR count). The van der Waals surface area contributed by atoms with Crippen LogP contribution in [0.2, 0.25) is 0 Å². The van der Waals surface area contributed by atoms with E-state index in [1.165, 1.54) is 23.5 Å². The van der Waals surface area contributed by atoms with Gasteiger partial charge >= 0.3 is 0 Å². The lowest BCUT2D eigenvalue weighted by molar-refractivity contribution is 0.215. The fourth-order valence-electron chi connectivity index (χ4n) is 1.60. The molecule has 1 N–H and O–H groups in total. The minimum absolute atomic E-state index is 0.332. The molecule has 84 valence electrons. The lowest BCUT2D eigenvalue weighted by atomic mass is 10.0. The van der Waals surface area contributed by atoms with Crippen molar-refractivity contribution in [1.29, 1.82) is 0 Å². The van der Waals surface area contributed by atoms with E-state index in [1.54, 1.807) is 18.4 Å². The zero-order valence-electron chi connectivity index (χ0n) is 9.07. The maximum absolute atomic E-state index is 13.2. The predicted octanol–water partition coefficient (Wildman–Crippen LogP) is 2.98. The molecule has 0 aliphatic carbocycles. The van der Waals surface area contributed by atoms with Gasteiger partial charge in [0.2, 0.25) is 0 Å². The van der Waals surface area contributed by atoms with Crippen LogP contribution in [0.25, 0.3) is 0 Å². The Balaban J connectivity index is 2.37. The van der Waals surface area contributed by atoms with E-state index in [-0.39, 0.29) is 5.82 Å². The summed E-state index contributed by atoms with van der Waals surface area (Å²) in [6.45, 7) is 3.67. The fraction of sp³-hybridized carbons (Fsp3) is 0.250. The molecule has 1 unspecified atom stereocenters. The maximum Gasteiger partial charge on any atom is 0.123 e. The average Bonchev–Trinajstić information content (AvgIpc) is 2.62. The highest BCUT2D eigenvalue weighted by Crippen LogP contribution is 2.24. The van der Waals surface area contributed by atoms with Gasteiger partial charge in [-0.15, -0.1) is 11.3 Å². The lowest BCUT2D eigenvalue weighted by Crippen LogP contribution is -2.01. The van der Waals surface area contributed by atoms with Crippen LogP contribution in [0, 0.1) is 19.7 Å². The number of thiazole rings is 1. The van der Waals surface area contributed by atoms with Gasteiger partial charge in [0.1, 0.15) is 11.9 Å². The quantitative estimate of drug-likeness (QED) is 0.871. The van der Waals surface area contributed by atoms with Gasteiger partial charge in [-0.2, -0.15) is 0 Å². The van der Waals surface area contributed by atoms with Crippen LogP contribution in [0.5, 0.6) is 0 Å². The van der Waals surface area contributed by atoms with Gasteiger partial charge in [0, 0.05) is 5.38 Å². The van der Waals surface area contributed by atoms with Crippen molar-refractivity contribution >= 4 is 11.3 Å². The highest BCUT2D eigenvalue weighted by molar-refractivity contribution is 7.09. The van der Waals surface area contributed by atoms with Crippen LogP contribution < -0.4 is 0 Å². The van der Waals surface area contributed by atoms with Crippen molar-refractivity contribution in [2.24, 2.45) is 0 Å². The zero-order valence-corrected chi connectivity index (χ0v) is 9.88. The number of aromatic nitrogens is 1. The van der Waals surface area contributed by atoms with Crippen LogP contribution in [0.4, 0.5) is 4.39 Å². The van der Waals surface area contributed by atoms with Crippen molar-refractivity contribution in [2.75, 3.05) is 0 Å². The van der Waals surface area contributed by atoms with Crippen LogP contribution in [0.3, 0.4) is 0 Å². The number of nitrogens with zero attached hydrogens (tertiary/aromatic N) is 1. The Labute approximate surface area is 97.4 Å². The topological polar surface area (TPSA) is 33.1 Å². The summed E-state index contributed by atoms with van der Waals surface area (Å²) in [5.41, 5.74) is 1.91. The molecule has 0 saturated heterocycles. The van der Waals surface area contributed by atoms with Crippen molar-refractivity contribution in [3.63, 3.8) is 0 Å². The van der Waals surface area contributed by atoms with E-state index in [0.29, 0.717) is 11.3 Å². The Kier molecular flexibility index (Phi) is 3.03. The Morgan fingerprint density at radius 2 is 2.06 bits per heavy atom. The molecule has 1 aromatic carbocycles. The molecular weight excluding hydrogens is 225 g/mol. The first kappa shape index (κ1) is 11.2. The SMILES string of the molecule is Cc1cc(F)cc(C(O)c2csc(C)n2)c1. The molecule has 1 heterocycles. The highest BCUT2D eigenvalue weighted by Gasteiger charge is 2.14. The van der Waals surface area contributed by atoms with Crippen LogP contribution >= 0.6 is 11.3 Å². The van der Waals surface area contributed by atoms with Gasteiger partial charge in [0.15, 0.2) is 0 Å². The predicted molar refractivity (Wildman–Crippen MR) is 62.0 cm³/mol. The average molecular weight is 237 g/mol. The number of hydrogen-bond donors (Lipinski definition) is 1. The molecule has 0 bridgehead atoms.